The SMILES string of the molecule is O=C[C@H](CC(=O)O)NC(=O)c1ccc(CNS(=O)(=O)c2ccc3cnoc3c2)cc1. The van der Waals surface area contributed by atoms with Crippen molar-refractivity contribution in [2.75, 3.05) is 0 Å². The van der Waals surface area contributed by atoms with E-state index in [2.05, 4.69) is 15.2 Å². The summed E-state index contributed by atoms with van der Waals surface area (Å²) in [4.78, 5) is 33.7. The van der Waals surface area contributed by atoms with E-state index in [0.717, 1.165) is 0 Å². The van der Waals surface area contributed by atoms with Crippen LogP contribution in [0.25, 0.3) is 11.0 Å². The molecule has 1 aromatic heterocycles. The van der Waals surface area contributed by atoms with Gasteiger partial charge in [-0.15, -0.1) is 0 Å². The quantitative estimate of drug-likeness (QED) is 0.425. The maximum atomic E-state index is 12.5. The van der Waals surface area contributed by atoms with Crippen molar-refractivity contribution in [3.63, 3.8) is 0 Å². The molecule has 10 nitrogen and oxygen atoms in total. The van der Waals surface area contributed by atoms with Crippen LogP contribution in [0.4, 0.5) is 0 Å². The lowest BCUT2D eigenvalue weighted by molar-refractivity contribution is -0.138. The Bertz CT molecular complexity index is 1190. The third-order valence-corrected chi connectivity index (χ3v) is 5.59. The largest absolute Gasteiger partial charge is 0.481 e. The minimum absolute atomic E-state index is 0.0192. The van der Waals surface area contributed by atoms with Crippen molar-refractivity contribution in [2.24, 2.45) is 0 Å². The average molecular weight is 431 g/mol. The van der Waals surface area contributed by atoms with Crippen LogP contribution in [0.2, 0.25) is 0 Å². The molecule has 0 aliphatic carbocycles. The average Bonchev–Trinajstić information content (AvgIpc) is 3.19. The summed E-state index contributed by atoms with van der Waals surface area (Å²) in [6, 6.07) is 9.25. The molecule has 0 unspecified atom stereocenters. The Morgan fingerprint density at radius 1 is 1.17 bits per heavy atom. The van der Waals surface area contributed by atoms with Gasteiger partial charge in [-0.25, -0.2) is 13.1 Å². The van der Waals surface area contributed by atoms with Crippen molar-refractivity contribution in [3.05, 3.63) is 59.8 Å². The Morgan fingerprint density at radius 3 is 2.57 bits per heavy atom. The third-order valence-electron chi connectivity index (χ3n) is 4.20. The van der Waals surface area contributed by atoms with Crippen LogP contribution in [0.5, 0.6) is 0 Å². The Hall–Kier alpha value is -3.57. The van der Waals surface area contributed by atoms with Crippen molar-refractivity contribution in [1.82, 2.24) is 15.2 Å². The highest BCUT2D eigenvalue weighted by atomic mass is 32.2. The van der Waals surface area contributed by atoms with Gasteiger partial charge in [0, 0.05) is 23.6 Å². The molecule has 0 bridgehead atoms. The summed E-state index contributed by atoms with van der Waals surface area (Å²) >= 11 is 0. The molecule has 30 heavy (non-hydrogen) atoms. The second kappa shape index (κ2) is 8.84. The molecule has 0 saturated heterocycles. The van der Waals surface area contributed by atoms with Crippen molar-refractivity contribution in [1.29, 1.82) is 0 Å². The molecule has 0 fully saturated rings. The number of amides is 1. The Labute approximate surface area is 170 Å². The van der Waals surface area contributed by atoms with Gasteiger partial charge in [-0.05, 0) is 29.8 Å². The molecule has 11 heteroatoms. The summed E-state index contributed by atoms with van der Waals surface area (Å²) in [5.74, 6) is -1.82. The maximum absolute atomic E-state index is 12.5. The van der Waals surface area contributed by atoms with Gasteiger partial charge in [0.15, 0.2) is 5.58 Å². The fraction of sp³-hybridized carbons (Fsp3) is 0.158. The normalized spacial score (nSPS) is 12.4. The lowest BCUT2D eigenvalue weighted by Gasteiger charge is -2.11. The number of aromatic nitrogens is 1. The summed E-state index contributed by atoms with van der Waals surface area (Å²) in [5, 5.41) is 15.3. The molecule has 1 atom stereocenters. The van der Waals surface area contributed by atoms with Gasteiger partial charge < -0.3 is 19.7 Å². The number of carbonyl (C=O) groups is 3. The van der Waals surface area contributed by atoms with E-state index < -0.39 is 34.4 Å². The Balaban J connectivity index is 1.63. The van der Waals surface area contributed by atoms with Gasteiger partial charge >= 0.3 is 5.97 Å². The van der Waals surface area contributed by atoms with Crippen molar-refractivity contribution in [2.45, 2.75) is 23.9 Å². The first kappa shape index (κ1) is 21.1. The summed E-state index contributed by atoms with van der Waals surface area (Å²) in [7, 11) is -3.80. The van der Waals surface area contributed by atoms with E-state index in [1.54, 1.807) is 18.2 Å². The molecule has 2 aromatic carbocycles. The minimum atomic E-state index is -3.80. The first-order chi connectivity index (χ1) is 14.3. The summed E-state index contributed by atoms with van der Waals surface area (Å²) in [6.07, 6.45) is 1.32. The minimum Gasteiger partial charge on any atom is -0.481 e. The van der Waals surface area contributed by atoms with Crippen LogP contribution in [0.1, 0.15) is 22.3 Å². The molecule has 156 valence electrons. The van der Waals surface area contributed by atoms with Crippen molar-refractivity contribution in [3.8, 4) is 0 Å². The smallest absolute Gasteiger partial charge is 0.305 e. The second-order valence-corrected chi connectivity index (χ2v) is 8.13. The number of sulfonamides is 1. The molecular formula is C19H17N3O7S. The van der Waals surface area contributed by atoms with Crippen LogP contribution < -0.4 is 10.0 Å². The van der Waals surface area contributed by atoms with E-state index in [-0.39, 0.29) is 17.0 Å². The Morgan fingerprint density at radius 2 is 1.90 bits per heavy atom. The molecule has 0 spiro atoms. The predicted molar refractivity (Wildman–Crippen MR) is 104 cm³/mol. The number of hydrogen-bond donors (Lipinski definition) is 3. The van der Waals surface area contributed by atoms with Crippen LogP contribution >= 0.6 is 0 Å². The van der Waals surface area contributed by atoms with Gasteiger partial charge in [-0.2, -0.15) is 0 Å². The van der Waals surface area contributed by atoms with E-state index in [9.17, 15) is 22.8 Å². The molecule has 0 aliphatic rings. The second-order valence-electron chi connectivity index (χ2n) is 6.36. The van der Waals surface area contributed by atoms with E-state index in [4.69, 9.17) is 9.63 Å². The van der Waals surface area contributed by atoms with Crippen LogP contribution in [0.15, 0.2) is 58.1 Å². The van der Waals surface area contributed by atoms with Crippen molar-refractivity contribution >= 4 is 39.2 Å². The molecule has 3 aromatic rings. The fourth-order valence-corrected chi connectivity index (χ4v) is 3.65. The number of carbonyl (C=O) groups excluding carboxylic acids is 2. The summed E-state index contributed by atoms with van der Waals surface area (Å²) in [6.45, 7) is -0.0192. The number of fused-ring (bicyclic) bond motifs is 1. The van der Waals surface area contributed by atoms with Crippen LogP contribution in [-0.2, 0) is 26.2 Å². The first-order valence-corrected chi connectivity index (χ1v) is 10.2. The number of aldehydes is 1. The van der Waals surface area contributed by atoms with Crippen LogP contribution in [0.3, 0.4) is 0 Å². The van der Waals surface area contributed by atoms with E-state index in [0.29, 0.717) is 22.8 Å². The van der Waals surface area contributed by atoms with Gasteiger partial charge in [0.1, 0.15) is 6.29 Å². The van der Waals surface area contributed by atoms with Crippen LogP contribution in [-0.4, -0.2) is 42.9 Å². The maximum Gasteiger partial charge on any atom is 0.305 e. The highest BCUT2D eigenvalue weighted by Gasteiger charge is 2.17. The lowest BCUT2D eigenvalue weighted by Crippen LogP contribution is -2.37. The highest BCUT2D eigenvalue weighted by Crippen LogP contribution is 2.18. The zero-order valence-corrected chi connectivity index (χ0v) is 16.3. The molecular weight excluding hydrogens is 414 g/mol. The number of aliphatic carboxylic acids is 1. The standard InChI is InChI=1S/C19H17N3O7S/c23-11-15(7-18(24)25)22-19(26)13-3-1-12(2-4-13)9-21-30(27,28)16-6-5-14-10-20-29-17(14)8-16/h1-6,8,10-11,15,21H,7,9H2,(H,22,26)(H,24,25)/t15-/m0/s1. The summed E-state index contributed by atoms with van der Waals surface area (Å²) < 4.78 is 32.4. The molecule has 3 N–H and O–H groups in total. The third kappa shape index (κ3) is 5.07. The predicted octanol–water partition coefficient (Wildman–Crippen LogP) is 1.08. The number of nitrogens with zero attached hydrogens (tertiary/aromatic N) is 1. The van der Waals surface area contributed by atoms with Gasteiger partial charge in [0.25, 0.3) is 5.91 Å². The van der Waals surface area contributed by atoms with Gasteiger partial charge in [0.2, 0.25) is 10.0 Å². The highest BCUT2D eigenvalue weighted by molar-refractivity contribution is 7.89. The number of carboxylic acid groups (broad SMARTS) is 1. The van der Waals surface area contributed by atoms with Gasteiger partial charge in [0.05, 0.1) is 23.6 Å². The van der Waals surface area contributed by atoms with E-state index in [1.165, 1.54) is 30.5 Å². The number of nitrogens with one attached hydrogen (secondary N) is 2. The fourth-order valence-electron chi connectivity index (χ4n) is 2.62. The van der Waals surface area contributed by atoms with E-state index >= 15 is 0 Å². The van der Waals surface area contributed by atoms with E-state index in [1.807, 2.05) is 0 Å². The zero-order chi connectivity index (χ0) is 21.7. The molecule has 0 radical (unpaired) electrons. The summed E-state index contributed by atoms with van der Waals surface area (Å²) in [5.41, 5.74) is 1.15. The first-order valence-electron chi connectivity index (χ1n) is 8.69. The van der Waals surface area contributed by atoms with Gasteiger partial charge in [-0.3, -0.25) is 9.59 Å². The van der Waals surface area contributed by atoms with Crippen LogP contribution in [0, 0.1) is 0 Å². The lowest BCUT2D eigenvalue weighted by atomic mass is 10.1. The van der Waals surface area contributed by atoms with Gasteiger partial charge in [-0.1, -0.05) is 17.3 Å². The topological polar surface area (TPSA) is 156 Å². The molecule has 0 saturated carbocycles. The number of hydrogen-bond acceptors (Lipinski definition) is 7. The molecule has 3 rings (SSSR count). The molecule has 1 amide bonds. The molecule has 0 aliphatic heterocycles. The zero-order valence-electron chi connectivity index (χ0n) is 15.4. The monoisotopic (exact) mass is 431 g/mol. The molecule has 1 heterocycles. The Kier molecular flexibility index (Phi) is 6.23. The number of carboxylic acids is 1. The van der Waals surface area contributed by atoms with Crippen molar-refractivity contribution < 1.29 is 32.4 Å². The number of benzene rings is 2. The number of rotatable bonds is 9.